The Morgan fingerprint density at radius 1 is 0.966 bits per heavy atom. The zero-order chi connectivity index (χ0) is 19.5. The number of para-hydroxylation sites is 1. The van der Waals surface area contributed by atoms with Crippen molar-refractivity contribution in [1.82, 2.24) is 19.5 Å². The van der Waals surface area contributed by atoms with Gasteiger partial charge in [-0.1, -0.05) is 59.9 Å². The van der Waals surface area contributed by atoms with Crippen LogP contribution in [0.5, 0.6) is 5.75 Å². The molecule has 0 spiro atoms. The summed E-state index contributed by atoms with van der Waals surface area (Å²) in [6.07, 6.45) is 0. The fraction of sp³-hybridized carbons (Fsp3) is 0.273. The maximum absolute atomic E-state index is 5.88. The highest BCUT2D eigenvalue weighted by Crippen LogP contribution is 2.28. The monoisotopic (exact) mass is 406 g/mol. The van der Waals surface area contributed by atoms with E-state index in [4.69, 9.17) is 19.6 Å². The van der Waals surface area contributed by atoms with Gasteiger partial charge in [0.1, 0.15) is 12.4 Å². The van der Waals surface area contributed by atoms with Crippen LogP contribution >= 0.6 is 11.3 Å². The van der Waals surface area contributed by atoms with Gasteiger partial charge in [0, 0.05) is 25.2 Å². The van der Waals surface area contributed by atoms with Crippen LogP contribution in [0.2, 0.25) is 0 Å². The summed E-state index contributed by atoms with van der Waals surface area (Å²) in [5.74, 6) is 0.846. The molecule has 0 aliphatic carbocycles. The maximum Gasteiger partial charge on any atom is 0.213 e. The van der Waals surface area contributed by atoms with Gasteiger partial charge in [-0.05, 0) is 12.1 Å². The van der Waals surface area contributed by atoms with Crippen molar-refractivity contribution in [1.29, 1.82) is 0 Å². The fourth-order valence-electron chi connectivity index (χ4n) is 3.49. The first-order valence-corrected chi connectivity index (χ1v) is 10.6. The summed E-state index contributed by atoms with van der Waals surface area (Å²) in [6, 6.07) is 20.2. The summed E-state index contributed by atoms with van der Waals surface area (Å²) in [4.78, 5) is 8.23. The van der Waals surface area contributed by atoms with Crippen molar-refractivity contribution in [2.75, 3.05) is 26.3 Å². The van der Waals surface area contributed by atoms with Gasteiger partial charge < -0.3 is 9.47 Å². The Balaban J connectivity index is 1.46. The van der Waals surface area contributed by atoms with Crippen molar-refractivity contribution in [3.05, 3.63) is 71.4 Å². The molecule has 2 aromatic heterocycles. The molecule has 0 saturated carbocycles. The van der Waals surface area contributed by atoms with Gasteiger partial charge in [-0.3, -0.25) is 4.90 Å². The van der Waals surface area contributed by atoms with E-state index >= 15 is 0 Å². The van der Waals surface area contributed by atoms with E-state index in [1.54, 1.807) is 11.3 Å². The van der Waals surface area contributed by atoms with Gasteiger partial charge >= 0.3 is 0 Å². The Morgan fingerprint density at radius 2 is 1.69 bits per heavy atom. The lowest BCUT2D eigenvalue weighted by Gasteiger charge is -2.26. The average molecular weight is 407 g/mol. The van der Waals surface area contributed by atoms with Gasteiger partial charge in [0.05, 0.1) is 24.6 Å². The van der Waals surface area contributed by atoms with Crippen molar-refractivity contribution in [3.63, 3.8) is 0 Å². The smallest absolute Gasteiger partial charge is 0.213 e. The SMILES string of the molecule is c1ccc(OCc2nn3c(CN4CCOCC4)c(-c4ccccc4)nc3s2)cc1. The van der Waals surface area contributed by atoms with E-state index in [2.05, 4.69) is 17.0 Å². The van der Waals surface area contributed by atoms with Gasteiger partial charge in [0.15, 0.2) is 5.01 Å². The van der Waals surface area contributed by atoms with Gasteiger partial charge in [-0.25, -0.2) is 9.50 Å². The second kappa shape index (κ2) is 8.32. The van der Waals surface area contributed by atoms with E-state index in [1.165, 1.54) is 0 Å². The van der Waals surface area contributed by atoms with Crippen LogP contribution in [0.3, 0.4) is 0 Å². The molecular formula is C22H22N4O2S. The van der Waals surface area contributed by atoms with Gasteiger partial charge in [-0.2, -0.15) is 5.10 Å². The Bertz CT molecular complexity index is 1070. The lowest BCUT2D eigenvalue weighted by Crippen LogP contribution is -2.36. The zero-order valence-electron chi connectivity index (χ0n) is 16.0. The quantitative estimate of drug-likeness (QED) is 0.487. The molecule has 1 fully saturated rings. The molecule has 0 amide bonds. The molecule has 29 heavy (non-hydrogen) atoms. The third-order valence-corrected chi connectivity index (χ3v) is 5.85. The number of hydrogen-bond acceptors (Lipinski definition) is 6. The van der Waals surface area contributed by atoms with Crippen LogP contribution in [0.4, 0.5) is 0 Å². The minimum absolute atomic E-state index is 0.440. The molecule has 148 valence electrons. The third-order valence-electron chi connectivity index (χ3n) is 4.97. The van der Waals surface area contributed by atoms with Crippen LogP contribution in [0.15, 0.2) is 60.7 Å². The standard InChI is InChI=1S/C22H22N4O2S/c1-3-7-17(8-4-1)21-19(15-25-11-13-27-14-12-25)26-22(23-21)29-20(24-26)16-28-18-9-5-2-6-10-18/h1-10H,11-16H2. The fourth-order valence-corrected chi connectivity index (χ4v) is 4.32. The van der Waals surface area contributed by atoms with Crippen molar-refractivity contribution in [2.45, 2.75) is 13.2 Å². The summed E-state index contributed by atoms with van der Waals surface area (Å²) < 4.78 is 13.4. The van der Waals surface area contributed by atoms with Crippen LogP contribution < -0.4 is 4.74 Å². The number of morpholine rings is 1. The number of hydrogen-bond donors (Lipinski definition) is 0. The molecule has 0 atom stereocenters. The number of benzene rings is 2. The summed E-state index contributed by atoms with van der Waals surface area (Å²) in [7, 11) is 0. The molecule has 3 heterocycles. The first-order chi connectivity index (χ1) is 14.4. The van der Waals surface area contributed by atoms with Gasteiger partial charge in [0.25, 0.3) is 0 Å². The van der Waals surface area contributed by atoms with Crippen molar-refractivity contribution >= 4 is 16.3 Å². The average Bonchev–Trinajstić information content (AvgIpc) is 3.33. The second-order valence-electron chi connectivity index (χ2n) is 6.95. The van der Waals surface area contributed by atoms with Crippen LogP contribution in [-0.2, 0) is 17.9 Å². The molecule has 0 unspecified atom stereocenters. The van der Waals surface area contributed by atoms with E-state index < -0.39 is 0 Å². The van der Waals surface area contributed by atoms with Crippen molar-refractivity contribution in [3.8, 4) is 17.0 Å². The van der Waals surface area contributed by atoms with Crippen LogP contribution in [0.1, 0.15) is 10.7 Å². The van der Waals surface area contributed by atoms with Gasteiger partial charge in [-0.15, -0.1) is 0 Å². The molecule has 1 saturated heterocycles. The highest BCUT2D eigenvalue weighted by molar-refractivity contribution is 7.16. The number of ether oxygens (including phenoxy) is 2. The number of aromatic nitrogens is 3. The van der Waals surface area contributed by atoms with Crippen LogP contribution in [-0.4, -0.2) is 45.8 Å². The molecular weight excluding hydrogens is 384 g/mol. The summed E-state index contributed by atoms with van der Waals surface area (Å²) in [6.45, 7) is 4.64. The zero-order valence-corrected chi connectivity index (χ0v) is 16.8. The van der Waals surface area contributed by atoms with Crippen molar-refractivity contribution < 1.29 is 9.47 Å². The lowest BCUT2D eigenvalue weighted by atomic mass is 10.1. The van der Waals surface area contributed by atoms with Crippen molar-refractivity contribution in [2.24, 2.45) is 0 Å². The number of nitrogens with zero attached hydrogens (tertiary/aromatic N) is 4. The molecule has 5 rings (SSSR count). The largest absolute Gasteiger partial charge is 0.486 e. The van der Waals surface area contributed by atoms with E-state index in [9.17, 15) is 0 Å². The van der Waals surface area contributed by atoms with E-state index in [0.29, 0.717) is 6.61 Å². The Kier molecular flexibility index (Phi) is 5.25. The molecule has 0 bridgehead atoms. The predicted octanol–water partition coefficient (Wildman–Crippen LogP) is 3.87. The Morgan fingerprint density at radius 3 is 2.45 bits per heavy atom. The van der Waals surface area contributed by atoms with Crippen LogP contribution in [0, 0.1) is 0 Å². The van der Waals surface area contributed by atoms with E-state index in [0.717, 1.165) is 65.5 Å². The topological polar surface area (TPSA) is 51.9 Å². The molecule has 4 aromatic rings. The Hall–Kier alpha value is -2.74. The minimum atomic E-state index is 0.440. The third kappa shape index (κ3) is 4.03. The number of fused-ring (bicyclic) bond motifs is 1. The summed E-state index contributed by atoms with van der Waals surface area (Å²) >= 11 is 1.58. The lowest BCUT2D eigenvalue weighted by molar-refractivity contribution is 0.0335. The number of rotatable bonds is 6. The van der Waals surface area contributed by atoms with E-state index in [-0.39, 0.29) is 0 Å². The second-order valence-corrected chi connectivity index (χ2v) is 7.99. The summed E-state index contributed by atoms with van der Waals surface area (Å²) in [5.41, 5.74) is 3.25. The first-order valence-electron chi connectivity index (χ1n) is 9.77. The highest BCUT2D eigenvalue weighted by atomic mass is 32.1. The van der Waals surface area contributed by atoms with Gasteiger partial charge in [0.2, 0.25) is 4.96 Å². The molecule has 1 aliphatic rings. The number of imidazole rings is 1. The molecule has 0 N–H and O–H groups in total. The first kappa shape index (κ1) is 18.3. The van der Waals surface area contributed by atoms with Crippen LogP contribution in [0.25, 0.3) is 16.2 Å². The minimum Gasteiger partial charge on any atom is -0.486 e. The normalized spacial score (nSPS) is 15.0. The molecule has 1 aliphatic heterocycles. The maximum atomic E-state index is 5.88. The molecule has 0 radical (unpaired) electrons. The van der Waals surface area contributed by atoms with E-state index in [1.807, 2.05) is 53.0 Å². The summed E-state index contributed by atoms with van der Waals surface area (Å²) in [5, 5.41) is 5.75. The Labute approximate surface area is 173 Å². The molecule has 2 aromatic carbocycles. The highest BCUT2D eigenvalue weighted by Gasteiger charge is 2.21. The predicted molar refractivity (Wildman–Crippen MR) is 113 cm³/mol. The molecule has 6 nitrogen and oxygen atoms in total. The molecule has 7 heteroatoms.